The van der Waals surface area contributed by atoms with Gasteiger partial charge in [-0.2, -0.15) is 0 Å². The summed E-state index contributed by atoms with van der Waals surface area (Å²) in [4.78, 5) is 61.1. The average Bonchev–Trinajstić information content (AvgIpc) is 3.08. The van der Waals surface area contributed by atoms with E-state index in [0.717, 1.165) is 0 Å². The van der Waals surface area contributed by atoms with Crippen molar-refractivity contribution in [1.29, 1.82) is 0 Å². The summed E-state index contributed by atoms with van der Waals surface area (Å²) in [5.74, 6) is -4.61. The van der Waals surface area contributed by atoms with Gasteiger partial charge in [-0.15, -0.1) is 0 Å². The Morgan fingerprint density at radius 1 is 1.07 bits per heavy atom. The molecule has 0 radical (unpaired) electrons. The van der Waals surface area contributed by atoms with Crippen molar-refractivity contribution in [2.45, 2.75) is 70.6 Å². The molecule has 6 N–H and O–H groups in total. The number of nitrogens with zero attached hydrogens (tertiary/aromatic N) is 1. The van der Waals surface area contributed by atoms with Crippen molar-refractivity contribution in [3.05, 3.63) is 0 Å². The second-order valence-electron chi connectivity index (χ2n) is 7.67. The van der Waals surface area contributed by atoms with Crippen molar-refractivity contribution in [2.75, 3.05) is 6.54 Å². The monoisotopic (exact) mass is 414 g/mol. The summed E-state index contributed by atoms with van der Waals surface area (Å²) in [6.07, 6.45) is 0.353. The minimum absolute atomic E-state index is 0.0276. The standard InChI is InChI=1S/C18H30N4O7/c1-9(2)7-12(18(28)29)21-15(25)11(8-14(23)24)20-16(26)13-5-4-6-22(13)17(27)10(3)19/h9-13H,4-8,19H2,1-3H3,(H,20,26)(H,21,25)(H,23,24)(H,28,29). The average molecular weight is 414 g/mol. The van der Waals surface area contributed by atoms with Crippen LogP contribution in [-0.2, 0) is 24.0 Å². The molecule has 1 aliphatic rings. The number of amides is 3. The Morgan fingerprint density at radius 2 is 1.69 bits per heavy atom. The maximum atomic E-state index is 12.6. The first-order valence-corrected chi connectivity index (χ1v) is 9.55. The number of nitrogens with two attached hydrogens (primary N) is 1. The molecule has 3 amide bonds. The fourth-order valence-electron chi connectivity index (χ4n) is 3.18. The van der Waals surface area contributed by atoms with Crippen molar-refractivity contribution < 1.29 is 34.2 Å². The third-order valence-corrected chi connectivity index (χ3v) is 4.56. The van der Waals surface area contributed by atoms with E-state index in [2.05, 4.69) is 10.6 Å². The number of carbonyl (C=O) groups excluding carboxylic acids is 3. The highest BCUT2D eigenvalue weighted by Crippen LogP contribution is 2.18. The summed E-state index contributed by atoms with van der Waals surface area (Å²) in [5.41, 5.74) is 5.60. The SMILES string of the molecule is CC(C)CC(NC(=O)C(CC(=O)O)NC(=O)C1CCCN1C(=O)C(C)N)C(=O)O. The number of hydrogen-bond donors (Lipinski definition) is 5. The fraction of sp³-hybridized carbons (Fsp3) is 0.722. The summed E-state index contributed by atoms with van der Waals surface area (Å²) in [5, 5.41) is 23.0. The molecular weight excluding hydrogens is 384 g/mol. The zero-order valence-corrected chi connectivity index (χ0v) is 16.9. The van der Waals surface area contributed by atoms with Gasteiger partial charge >= 0.3 is 11.9 Å². The first-order chi connectivity index (χ1) is 13.4. The first-order valence-electron chi connectivity index (χ1n) is 9.55. The second kappa shape index (κ2) is 10.7. The quantitative estimate of drug-likeness (QED) is 0.299. The van der Waals surface area contributed by atoms with Crippen molar-refractivity contribution >= 4 is 29.7 Å². The topological polar surface area (TPSA) is 179 Å². The van der Waals surface area contributed by atoms with E-state index in [9.17, 15) is 29.1 Å². The van der Waals surface area contributed by atoms with Crippen LogP contribution in [0.25, 0.3) is 0 Å². The molecule has 0 saturated carbocycles. The number of nitrogens with one attached hydrogen (secondary N) is 2. The molecule has 0 aromatic rings. The normalized spacial score (nSPS) is 19.3. The lowest BCUT2D eigenvalue weighted by Gasteiger charge is -2.27. The Kier molecular flexibility index (Phi) is 9.02. The van der Waals surface area contributed by atoms with Gasteiger partial charge in [0.05, 0.1) is 12.5 Å². The highest BCUT2D eigenvalue weighted by Gasteiger charge is 2.37. The predicted octanol–water partition coefficient (Wildman–Crippen LogP) is -1.10. The molecule has 4 atom stereocenters. The summed E-state index contributed by atoms with van der Waals surface area (Å²) >= 11 is 0. The molecule has 164 valence electrons. The lowest BCUT2D eigenvalue weighted by Crippen LogP contribution is -2.57. The van der Waals surface area contributed by atoms with Gasteiger partial charge in [0.25, 0.3) is 0 Å². The zero-order valence-electron chi connectivity index (χ0n) is 16.9. The largest absolute Gasteiger partial charge is 0.481 e. The van der Waals surface area contributed by atoms with Gasteiger partial charge in [-0.05, 0) is 32.1 Å². The molecule has 1 rings (SSSR count). The predicted molar refractivity (Wildman–Crippen MR) is 102 cm³/mol. The van der Waals surface area contributed by atoms with E-state index >= 15 is 0 Å². The third-order valence-electron chi connectivity index (χ3n) is 4.56. The smallest absolute Gasteiger partial charge is 0.326 e. The van der Waals surface area contributed by atoms with Gasteiger partial charge in [0.1, 0.15) is 18.1 Å². The van der Waals surface area contributed by atoms with Crippen LogP contribution in [-0.4, -0.2) is 75.5 Å². The summed E-state index contributed by atoms with van der Waals surface area (Å²) in [7, 11) is 0. The molecular formula is C18H30N4O7. The molecule has 1 fully saturated rings. The minimum Gasteiger partial charge on any atom is -0.481 e. The maximum absolute atomic E-state index is 12.6. The summed E-state index contributed by atoms with van der Waals surface area (Å²) < 4.78 is 0. The van der Waals surface area contributed by atoms with E-state index in [1.165, 1.54) is 11.8 Å². The van der Waals surface area contributed by atoms with Crippen LogP contribution in [0, 0.1) is 5.92 Å². The number of carboxylic acids is 2. The van der Waals surface area contributed by atoms with Crippen LogP contribution in [0.15, 0.2) is 0 Å². The molecule has 0 bridgehead atoms. The molecule has 0 spiro atoms. The molecule has 29 heavy (non-hydrogen) atoms. The number of rotatable bonds is 10. The zero-order chi connectivity index (χ0) is 22.3. The van der Waals surface area contributed by atoms with Crippen LogP contribution in [0.3, 0.4) is 0 Å². The molecule has 11 nitrogen and oxygen atoms in total. The fourth-order valence-corrected chi connectivity index (χ4v) is 3.18. The number of hydrogen-bond acceptors (Lipinski definition) is 6. The number of carbonyl (C=O) groups is 5. The second-order valence-corrected chi connectivity index (χ2v) is 7.67. The molecule has 0 aliphatic carbocycles. The molecule has 4 unspecified atom stereocenters. The molecule has 1 aliphatic heterocycles. The van der Waals surface area contributed by atoms with E-state index in [0.29, 0.717) is 19.4 Å². The Bertz CT molecular complexity index is 650. The third kappa shape index (κ3) is 7.33. The van der Waals surface area contributed by atoms with Gasteiger partial charge in [-0.25, -0.2) is 4.79 Å². The number of aliphatic carboxylic acids is 2. The van der Waals surface area contributed by atoms with Gasteiger partial charge < -0.3 is 31.5 Å². The highest BCUT2D eigenvalue weighted by atomic mass is 16.4. The maximum Gasteiger partial charge on any atom is 0.326 e. The number of likely N-dealkylation sites (tertiary alicyclic amines) is 1. The van der Waals surface area contributed by atoms with Crippen LogP contribution in [0.4, 0.5) is 0 Å². The van der Waals surface area contributed by atoms with Crippen LogP contribution in [0.2, 0.25) is 0 Å². The van der Waals surface area contributed by atoms with Crippen molar-refractivity contribution in [2.24, 2.45) is 11.7 Å². The molecule has 11 heteroatoms. The van der Waals surface area contributed by atoms with Crippen molar-refractivity contribution in [3.63, 3.8) is 0 Å². The van der Waals surface area contributed by atoms with E-state index < -0.39 is 60.2 Å². The molecule has 0 aromatic carbocycles. The Labute approximate surface area is 169 Å². The Hall–Kier alpha value is -2.69. The Morgan fingerprint density at radius 3 is 2.17 bits per heavy atom. The molecule has 1 saturated heterocycles. The lowest BCUT2D eigenvalue weighted by atomic mass is 10.0. The van der Waals surface area contributed by atoms with E-state index in [-0.39, 0.29) is 12.3 Å². The minimum atomic E-state index is -1.47. The highest BCUT2D eigenvalue weighted by molar-refractivity contribution is 5.95. The van der Waals surface area contributed by atoms with Gasteiger partial charge in [0.15, 0.2) is 0 Å². The summed E-state index contributed by atoms with van der Waals surface area (Å²) in [6, 6.07) is -4.34. The van der Waals surface area contributed by atoms with Crippen LogP contribution < -0.4 is 16.4 Å². The van der Waals surface area contributed by atoms with Gasteiger partial charge in [0.2, 0.25) is 17.7 Å². The molecule has 1 heterocycles. The van der Waals surface area contributed by atoms with E-state index in [1.807, 2.05) is 0 Å². The first kappa shape index (κ1) is 24.3. The van der Waals surface area contributed by atoms with E-state index in [1.54, 1.807) is 13.8 Å². The number of carboxylic acid groups (broad SMARTS) is 2. The van der Waals surface area contributed by atoms with Gasteiger partial charge in [0, 0.05) is 6.54 Å². The molecule has 0 aromatic heterocycles. The van der Waals surface area contributed by atoms with Crippen molar-refractivity contribution in [1.82, 2.24) is 15.5 Å². The Balaban J connectivity index is 2.90. The van der Waals surface area contributed by atoms with Gasteiger partial charge in [-0.3, -0.25) is 19.2 Å². The van der Waals surface area contributed by atoms with E-state index in [4.69, 9.17) is 10.8 Å². The lowest BCUT2D eigenvalue weighted by molar-refractivity contribution is -0.145. The van der Waals surface area contributed by atoms with Crippen molar-refractivity contribution in [3.8, 4) is 0 Å². The van der Waals surface area contributed by atoms with Gasteiger partial charge in [-0.1, -0.05) is 13.8 Å². The summed E-state index contributed by atoms with van der Waals surface area (Å²) in [6.45, 7) is 5.40. The van der Waals surface area contributed by atoms with Crippen LogP contribution in [0.5, 0.6) is 0 Å². The van der Waals surface area contributed by atoms with Crippen LogP contribution >= 0.6 is 0 Å². The van der Waals surface area contributed by atoms with Crippen LogP contribution in [0.1, 0.15) is 46.5 Å².